The predicted molar refractivity (Wildman–Crippen MR) is 120 cm³/mol. The number of benzene rings is 3. The van der Waals surface area contributed by atoms with Gasteiger partial charge in [0.05, 0.1) is 24.1 Å². The van der Waals surface area contributed by atoms with Crippen molar-refractivity contribution < 1.29 is 9.59 Å². The molecule has 0 spiro atoms. The number of carbonyl (C=O) groups excluding carboxylic acids is 2. The van der Waals surface area contributed by atoms with Crippen molar-refractivity contribution in [1.29, 1.82) is 0 Å². The summed E-state index contributed by atoms with van der Waals surface area (Å²) in [6, 6.07) is 29.1. The molecule has 1 saturated heterocycles. The molecule has 3 aromatic carbocycles. The number of nitrogens with zero attached hydrogens (tertiary/aromatic N) is 3. The molecule has 5 rings (SSSR count). The van der Waals surface area contributed by atoms with Gasteiger partial charge in [0.25, 0.3) is 5.91 Å². The van der Waals surface area contributed by atoms with Crippen LogP contribution < -0.4 is 4.90 Å². The Morgan fingerprint density at radius 3 is 2.00 bits per heavy atom. The van der Waals surface area contributed by atoms with Crippen LogP contribution >= 0.6 is 0 Å². The summed E-state index contributed by atoms with van der Waals surface area (Å²) in [4.78, 5) is 28.2. The lowest BCUT2D eigenvalue weighted by Crippen LogP contribution is -2.36. The molecule has 2 aliphatic rings. The third-order valence-corrected chi connectivity index (χ3v) is 6.01. The molecule has 2 amide bonds. The van der Waals surface area contributed by atoms with E-state index in [1.807, 2.05) is 91.0 Å². The lowest BCUT2D eigenvalue weighted by molar-refractivity contribution is -0.133. The van der Waals surface area contributed by atoms with Crippen LogP contribution in [0.3, 0.4) is 0 Å². The Bertz CT molecular complexity index is 1130. The standard InChI is InChI=1S/C26H23N3O2/c1-27(21-15-9-4-10-16-21)26(31)22-18-28-24(30)17-23(19-11-5-2-6-12-19)29(28)25(22)20-13-7-3-8-14-20/h2-16,18,23,25H,17H2,1H3/t23-,25-/m1/s1. The number of carbonyl (C=O) groups is 2. The van der Waals surface area contributed by atoms with Crippen LogP contribution in [0.25, 0.3) is 0 Å². The number of hydrogen-bond donors (Lipinski definition) is 0. The molecule has 5 heteroatoms. The molecule has 154 valence electrons. The highest BCUT2D eigenvalue weighted by molar-refractivity contribution is 6.07. The number of para-hydroxylation sites is 1. The van der Waals surface area contributed by atoms with Crippen LogP contribution in [0.15, 0.2) is 103 Å². The third kappa shape index (κ3) is 3.33. The van der Waals surface area contributed by atoms with Crippen LogP contribution in [0.1, 0.15) is 29.6 Å². The van der Waals surface area contributed by atoms with Gasteiger partial charge in [0.1, 0.15) is 0 Å². The molecule has 0 N–H and O–H groups in total. The van der Waals surface area contributed by atoms with E-state index in [4.69, 9.17) is 0 Å². The zero-order chi connectivity index (χ0) is 21.4. The lowest BCUT2D eigenvalue weighted by atomic mass is 9.95. The van der Waals surface area contributed by atoms with Crippen LogP contribution in [-0.4, -0.2) is 28.9 Å². The van der Waals surface area contributed by atoms with Gasteiger partial charge in [0, 0.05) is 18.9 Å². The van der Waals surface area contributed by atoms with Gasteiger partial charge in [0.15, 0.2) is 0 Å². The fraction of sp³-hybridized carbons (Fsp3) is 0.154. The van der Waals surface area contributed by atoms with E-state index < -0.39 is 0 Å². The van der Waals surface area contributed by atoms with Gasteiger partial charge < -0.3 is 4.90 Å². The Hall–Kier alpha value is -3.70. The van der Waals surface area contributed by atoms with Crippen molar-refractivity contribution in [2.45, 2.75) is 18.5 Å². The molecule has 0 aliphatic carbocycles. The Labute approximate surface area is 181 Å². The summed E-state index contributed by atoms with van der Waals surface area (Å²) < 4.78 is 0. The van der Waals surface area contributed by atoms with Crippen molar-refractivity contribution in [2.75, 3.05) is 11.9 Å². The molecular formula is C26H23N3O2. The highest BCUT2D eigenvalue weighted by atomic mass is 16.2. The Morgan fingerprint density at radius 2 is 1.39 bits per heavy atom. The minimum Gasteiger partial charge on any atom is -0.312 e. The normalized spacial score (nSPS) is 20.5. The minimum absolute atomic E-state index is 0.0000478. The SMILES string of the molecule is CN(C(=O)C1=CN2C(=O)C[C@H](c3ccccc3)N2[C@@H]1c1ccccc1)c1ccccc1. The van der Waals surface area contributed by atoms with Gasteiger partial charge in [-0.1, -0.05) is 78.9 Å². The van der Waals surface area contributed by atoms with E-state index in [9.17, 15) is 9.59 Å². The van der Waals surface area contributed by atoms with E-state index in [1.54, 1.807) is 23.2 Å². The van der Waals surface area contributed by atoms with Crippen LogP contribution in [0.4, 0.5) is 5.69 Å². The molecule has 3 aromatic rings. The van der Waals surface area contributed by atoms with Crippen molar-refractivity contribution in [3.8, 4) is 0 Å². The van der Waals surface area contributed by atoms with E-state index in [2.05, 4.69) is 5.01 Å². The second-order valence-corrected chi connectivity index (χ2v) is 7.85. The number of fused-ring (bicyclic) bond motifs is 1. The van der Waals surface area contributed by atoms with Crippen molar-refractivity contribution in [1.82, 2.24) is 10.0 Å². The van der Waals surface area contributed by atoms with Crippen LogP contribution in [0, 0.1) is 0 Å². The smallest absolute Gasteiger partial charge is 0.257 e. The van der Waals surface area contributed by atoms with Crippen molar-refractivity contribution in [2.24, 2.45) is 0 Å². The summed E-state index contributed by atoms with van der Waals surface area (Å²) in [5.74, 6) is -0.117. The average molecular weight is 409 g/mol. The maximum atomic E-state index is 13.6. The summed E-state index contributed by atoms with van der Waals surface area (Å²) in [5.41, 5.74) is 3.46. The van der Waals surface area contributed by atoms with Gasteiger partial charge in [-0.25, -0.2) is 5.01 Å². The molecule has 2 aliphatic heterocycles. The van der Waals surface area contributed by atoms with Crippen molar-refractivity contribution in [3.63, 3.8) is 0 Å². The first-order valence-electron chi connectivity index (χ1n) is 10.4. The van der Waals surface area contributed by atoms with E-state index >= 15 is 0 Å². The van der Waals surface area contributed by atoms with E-state index in [0.29, 0.717) is 12.0 Å². The van der Waals surface area contributed by atoms with Gasteiger partial charge in [-0.3, -0.25) is 9.59 Å². The zero-order valence-corrected chi connectivity index (χ0v) is 17.3. The number of hydrazine groups is 1. The second-order valence-electron chi connectivity index (χ2n) is 7.85. The predicted octanol–water partition coefficient (Wildman–Crippen LogP) is 4.48. The molecule has 0 aromatic heterocycles. The molecule has 0 radical (unpaired) electrons. The van der Waals surface area contributed by atoms with Gasteiger partial charge in [0.2, 0.25) is 5.91 Å². The first-order valence-corrected chi connectivity index (χ1v) is 10.4. The van der Waals surface area contributed by atoms with Crippen LogP contribution in [-0.2, 0) is 9.59 Å². The first kappa shape index (κ1) is 19.3. The summed E-state index contributed by atoms with van der Waals surface area (Å²) in [6.45, 7) is 0. The minimum atomic E-state index is -0.337. The largest absolute Gasteiger partial charge is 0.312 e. The molecular weight excluding hydrogens is 386 g/mol. The highest BCUT2D eigenvalue weighted by Crippen LogP contribution is 2.47. The molecule has 5 nitrogen and oxygen atoms in total. The molecule has 0 saturated carbocycles. The fourth-order valence-electron chi connectivity index (χ4n) is 4.47. The van der Waals surface area contributed by atoms with Gasteiger partial charge in [-0.2, -0.15) is 5.01 Å². The quantitative estimate of drug-likeness (QED) is 0.638. The van der Waals surface area contributed by atoms with Gasteiger partial charge >= 0.3 is 0 Å². The van der Waals surface area contributed by atoms with Crippen LogP contribution in [0.2, 0.25) is 0 Å². The molecule has 1 fully saturated rings. The number of anilines is 1. The number of rotatable bonds is 4. The lowest BCUT2D eigenvalue weighted by Gasteiger charge is -2.32. The summed E-state index contributed by atoms with van der Waals surface area (Å²) in [6.07, 6.45) is 2.12. The first-order chi connectivity index (χ1) is 15.1. The van der Waals surface area contributed by atoms with E-state index in [1.165, 1.54) is 0 Å². The molecule has 2 atom stereocenters. The fourth-order valence-corrected chi connectivity index (χ4v) is 4.47. The topological polar surface area (TPSA) is 43.9 Å². The third-order valence-electron chi connectivity index (χ3n) is 6.01. The Morgan fingerprint density at radius 1 is 0.839 bits per heavy atom. The maximum Gasteiger partial charge on any atom is 0.257 e. The Balaban J connectivity index is 1.57. The number of likely N-dealkylation sites (N-methyl/N-ethyl adjacent to an activating group) is 1. The zero-order valence-electron chi connectivity index (χ0n) is 17.3. The van der Waals surface area contributed by atoms with Crippen molar-refractivity contribution >= 4 is 17.5 Å². The molecule has 0 unspecified atom stereocenters. The van der Waals surface area contributed by atoms with E-state index in [0.717, 1.165) is 16.8 Å². The Kier molecular flexibility index (Phi) is 4.88. The molecule has 2 heterocycles. The molecule has 31 heavy (non-hydrogen) atoms. The number of hydrogen-bond acceptors (Lipinski definition) is 3. The number of amides is 2. The van der Waals surface area contributed by atoms with Gasteiger partial charge in [-0.05, 0) is 23.3 Å². The van der Waals surface area contributed by atoms with Gasteiger partial charge in [-0.15, -0.1) is 0 Å². The second kappa shape index (κ2) is 7.85. The summed E-state index contributed by atoms with van der Waals surface area (Å²) >= 11 is 0. The highest BCUT2D eigenvalue weighted by Gasteiger charge is 2.49. The summed E-state index contributed by atoms with van der Waals surface area (Å²) in [5, 5.41) is 3.69. The van der Waals surface area contributed by atoms with E-state index in [-0.39, 0.29) is 23.9 Å². The van der Waals surface area contributed by atoms with Crippen molar-refractivity contribution in [3.05, 3.63) is 114 Å². The maximum absolute atomic E-state index is 13.6. The average Bonchev–Trinajstić information content (AvgIpc) is 3.37. The van der Waals surface area contributed by atoms with Crippen LogP contribution in [0.5, 0.6) is 0 Å². The summed E-state index contributed by atoms with van der Waals surface area (Å²) in [7, 11) is 1.77. The monoisotopic (exact) mass is 409 g/mol. The molecule has 0 bridgehead atoms.